The van der Waals surface area contributed by atoms with Crippen molar-refractivity contribution in [2.24, 2.45) is 0 Å². The lowest BCUT2D eigenvalue weighted by atomic mass is 10.1. The van der Waals surface area contributed by atoms with E-state index in [0.717, 1.165) is 26.4 Å². The SMILES string of the molecule is C1COCCO1.O=C(O)c1ccccc1C(=O)OCC1COCCO1. The Labute approximate surface area is 145 Å². The highest BCUT2D eigenvalue weighted by Crippen LogP contribution is 2.11. The van der Waals surface area contributed by atoms with Gasteiger partial charge in [0.25, 0.3) is 0 Å². The molecule has 1 atom stereocenters. The van der Waals surface area contributed by atoms with Gasteiger partial charge in [0, 0.05) is 0 Å². The van der Waals surface area contributed by atoms with Gasteiger partial charge in [0.2, 0.25) is 0 Å². The van der Waals surface area contributed by atoms with Crippen molar-refractivity contribution >= 4 is 11.9 Å². The van der Waals surface area contributed by atoms with E-state index in [0.29, 0.717) is 19.8 Å². The fourth-order valence-electron chi connectivity index (χ4n) is 2.17. The molecule has 3 rings (SSSR count). The van der Waals surface area contributed by atoms with E-state index in [-0.39, 0.29) is 23.8 Å². The first kappa shape index (κ1) is 19.3. The average Bonchev–Trinajstić information content (AvgIpc) is 2.68. The summed E-state index contributed by atoms with van der Waals surface area (Å²) in [5, 5.41) is 8.98. The molecule has 0 bridgehead atoms. The molecule has 0 saturated carbocycles. The van der Waals surface area contributed by atoms with Crippen molar-refractivity contribution in [3.05, 3.63) is 35.4 Å². The summed E-state index contributed by atoms with van der Waals surface area (Å²) in [6.07, 6.45) is -0.297. The molecule has 2 heterocycles. The second kappa shape index (κ2) is 10.8. The van der Waals surface area contributed by atoms with Crippen molar-refractivity contribution in [2.45, 2.75) is 6.10 Å². The number of carboxylic acids is 1. The lowest BCUT2D eigenvalue weighted by molar-refractivity contribution is -0.107. The molecule has 0 aliphatic carbocycles. The highest BCUT2D eigenvalue weighted by molar-refractivity contribution is 6.02. The van der Waals surface area contributed by atoms with Crippen molar-refractivity contribution in [3.63, 3.8) is 0 Å². The Morgan fingerprint density at radius 1 is 0.960 bits per heavy atom. The molecular weight excluding hydrogens is 332 g/mol. The van der Waals surface area contributed by atoms with Crippen LogP contribution in [0.3, 0.4) is 0 Å². The lowest BCUT2D eigenvalue weighted by Crippen LogP contribution is -2.33. The minimum absolute atomic E-state index is 0.0340. The zero-order valence-electron chi connectivity index (χ0n) is 13.8. The Morgan fingerprint density at radius 2 is 1.56 bits per heavy atom. The summed E-state index contributed by atoms with van der Waals surface area (Å²) in [5.41, 5.74) is -0.0416. The maximum atomic E-state index is 11.8. The first-order valence-corrected chi connectivity index (χ1v) is 8.02. The van der Waals surface area contributed by atoms with Gasteiger partial charge in [0.15, 0.2) is 0 Å². The molecular formula is C17H22O8. The normalized spacial score (nSPS) is 20.1. The van der Waals surface area contributed by atoms with E-state index in [9.17, 15) is 9.59 Å². The Morgan fingerprint density at radius 3 is 2.08 bits per heavy atom. The van der Waals surface area contributed by atoms with Crippen LogP contribution in [0.5, 0.6) is 0 Å². The highest BCUT2D eigenvalue weighted by atomic mass is 16.6. The molecule has 0 spiro atoms. The summed E-state index contributed by atoms with van der Waals surface area (Å²) in [5.74, 6) is -1.84. The number of carbonyl (C=O) groups excluding carboxylic acids is 1. The third-order valence-electron chi connectivity index (χ3n) is 3.41. The zero-order chi connectivity index (χ0) is 17.9. The Balaban J connectivity index is 0.000000316. The van der Waals surface area contributed by atoms with Crippen LogP contribution >= 0.6 is 0 Å². The molecule has 2 aliphatic heterocycles. The number of hydrogen-bond acceptors (Lipinski definition) is 7. The van der Waals surface area contributed by atoms with Gasteiger partial charge in [-0.2, -0.15) is 0 Å². The third-order valence-corrected chi connectivity index (χ3v) is 3.41. The quantitative estimate of drug-likeness (QED) is 0.799. The van der Waals surface area contributed by atoms with Crippen LogP contribution < -0.4 is 0 Å². The maximum absolute atomic E-state index is 11.8. The average molecular weight is 354 g/mol. The molecule has 2 fully saturated rings. The van der Waals surface area contributed by atoms with Crippen LogP contribution in [-0.2, 0) is 23.7 Å². The number of ether oxygens (including phenoxy) is 5. The summed E-state index contributed by atoms with van der Waals surface area (Å²) < 4.78 is 25.4. The number of rotatable bonds is 4. The van der Waals surface area contributed by atoms with Gasteiger partial charge in [-0.25, -0.2) is 9.59 Å². The smallest absolute Gasteiger partial charge is 0.339 e. The van der Waals surface area contributed by atoms with E-state index >= 15 is 0 Å². The van der Waals surface area contributed by atoms with Crippen LogP contribution in [0, 0.1) is 0 Å². The van der Waals surface area contributed by atoms with Crippen LogP contribution in [0.15, 0.2) is 24.3 Å². The molecule has 1 aromatic carbocycles. The number of hydrogen-bond donors (Lipinski definition) is 1. The summed E-state index contributed by atoms with van der Waals surface area (Å²) >= 11 is 0. The fraction of sp³-hybridized carbons (Fsp3) is 0.529. The van der Waals surface area contributed by atoms with Gasteiger partial charge < -0.3 is 28.8 Å². The molecule has 0 radical (unpaired) electrons. The second-order valence-electron chi connectivity index (χ2n) is 5.24. The number of carboxylic acid groups (broad SMARTS) is 1. The van der Waals surface area contributed by atoms with Crippen LogP contribution in [0.1, 0.15) is 20.7 Å². The van der Waals surface area contributed by atoms with Gasteiger partial charge in [-0.15, -0.1) is 0 Å². The molecule has 0 aromatic heterocycles. The van der Waals surface area contributed by atoms with Crippen molar-refractivity contribution in [3.8, 4) is 0 Å². The standard InChI is InChI=1S/C13H14O6.C4H8O2/c14-12(15)10-3-1-2-4-11(10)13(16)19-8-9-7-17-5-6-18-9;1-2-6-4-3-5-1/h1-4,9H,5-8H2,(H,14,15);1-4H2. The minimum atomic E-state index is -1.16. The molecule has 138 valence electrons. The minimum Gasteiger partial charge on any atom is -0.478 e. The van der Waals surface area contributed by atoms with E-state index in [1.54, 1.807) is 12.1 Å². The molecule has 1 N–H and O–H groups in total. The number of aromatic carboxylic acids is 1. The molecule has 2 aliphatic rings. The van der Waals surface area contributed by atoms with Crippen molar-refractivity contribution < 1.29 is 38.4 Å². The van der Waals surface area contributed by atoms with Crippen LogP contribution in [0.4, 0.5) is 0 Å². The predicted molar refractivity (Wildman–Crippen MR) is 85.9 cm³/mol. The molecule has 25 heavy (non-hydrogen) atoms. The first-order valence-electron chi connectivity index (χ1n) is 8.02. The summed E-state index contributed by atoms with van der Waals surface area (Å²) in [6.45, 7) is 4.53. The van der Waals surface area contributed by atoms with Gasteiger partial charge in [0.1, 0.15) is 12.7 Å². The molecule has 8 nitrogen and oxygen atoms in total. The molecule has 1 aromatic rings. The molecule has 8 heteroatoms. The Hall–Kier alpha value is -2.00. The van der Waals surface area contributed by atoms with Gasteiger partial charge >= 0.3 is 11.9 Å². The summed E-state index contributed by atoms with van der Waals surface area (Å²) in [6, 6.07) is 5.92. The van der Waals surface area contributed by atoms with Crippen LogP contribution in [0.2, 0.25) is 0 Å². The largest absolute Gasteiger partial charge is 0.478 e. The van der Waals surface area contributed by atoms with Crippen molar-refractivity contribution in [1.82, 2.24) is 0 Å². The highest BCUT2D eigenvalue weighted by Gasteiger charge is 2.20. The van der Waals surface area contributed by atoms with Crippen molar-refractivity contribution in [1.29, 1.82) is 0 Å². The topological polar surface area (TPSA) is 101 Å². The first-order chi connectivity index (χ1) is 12.2. The van der Waals surface area contributed by atoms with E-state index in [2.05, 4.69) is 0 Å². The van der Waals surface area contributed by atoms with Crippen molar-refractivity contribution in [2.75, 3.05) is 52.9 Å². The van der Waals surface area contributed by atoms with E-state index in [1.807, 2.05) is 0 Å². The molecule has 0 amide bonds. The van der Waals surface area contributed by atoms with Crippen LogP contribution in [-0.4, -0.2) is 76.0 Å². The Kier molecular flexibility index (Phi) is 8.33. The second-order valence-corrected chi connectivity index (χ2v) is 5.24. The number of carbonyl (C=O) groups is 2. The molecule has 2 saturated heterocycles. The predicted octanol–water partition coefficient (Wildman–Crippen LogP) is 0.990. The Bertz CT molecular complexity index is 538. The maximum Gasteiger partial charge on any atom is 0.339 e. The van der Waals surface area contributed by atoms with E-state index in [4.69, 9.17) is 28.8 Å². The number of esters is 1. The summed E-state index contributed by atoms with van der Waals surface area (Å²) in [7, 11) is 0. The third kappa shape index (κ3) is 6.79. The fourth-order valence-corrected chi connectivity index (χ4v) is 2.17. The summed E-state index contributed by atoms with van der Waals surface area (Å²) in [4.78, 5) is 22.8. The van der Waals surface area contributed by atoms with Gasteiger partial charge in [-0.05, 0) is 12.1 Å². The monoisotopic (exact) mass is 354 g/mol. The zero-order valence-corrected chi connectivity index (χ0v) is 13.8. The number of benzene rings is 1. The van der Waals surface area contributed by atoms with E-state index < -0.39 is 11.9 Å². The van der Waals surface area contributed by atoms with E-state index in [1.165, 1.54) is 12.1 Å². The van der Waals surface area contributed by atoms with Crippen LogP contribution in [0.25, 0.3) is 0 Å². The van der Waals surface area contributed by atoms with Gasteiger partial charge in [0.05, 0.1) is 57.4 Å². The van der Waals surface area contributed by atoms with Gasteiger partial charge in [-0.3, -0.25) is 0 Å². The molecule has 1 unspecified atom stereocenters. The lowest BCUT2D eigenvalue weighted by Gasteiger charge is -2.22. The van der Waals surface area contributed by atoms with Gasteiger partial charge in [-0.1, -0.05) is 12.1 Å².